The average Bonchev–Trinajstić information content (AvgIpc) is 3.19. The van der Waals surface area contributed by atoms with E-state index >= 15 is 0 Å². The maximum atomic E-state index is 6.76. The Balaban J connectivity index is 2.08. The molecule has 3 heteroatoms. The second-order valence-electron chi connectivity index (χ2n) is 10.1. The zero-order chi connectivity index (χ0) is 23.9. The predicted octanol–water partition coefficient (Wildman–Crippen LogP) is 10.3. The van der Waals surface area contributed by atoms with E-state index in [1.54, 1.807) is 0 Å². The first-order chi connectivity index (χ1) is 15.7. The van der Waals surface area contributed by atoms with Gasteiger partial charge < -0.3 is 0 Å². The summed E-state index contributed by atoms with van der Waals surface area (Å²) in [5, 5.41) is 0. The number of fused-ring (bicyclic) bond motifs is 1. The molecule has 1 unspecified atom stereocenters. The number of rotatable bonds is 6. The van der Waals surface area contributed by atoms with Crippen LogP contribution in [0.1, 0.15) is 79.3 Å². The van der Waals surface area contributed by atoms with Crippen LogP contribution in [0.3, 0.4) is 0 Å². The summed E-state index contributed by atoms with van der Waals surface area (Å²) in [4.78, 5) is 0. The Hall–Kier alpha value is -1.14. The molecule has 0 aliphatic heterocycles. The van der Waals surface area contributed by atoms with Gasteiger partial charge in [-0.15, -0.1) is 0 Å². The van der Waals surface area contributed by atoms with E-state index in [2.05, 4.69) is 108 Å². The van der Waals surface area contributed by atoms with Gasteiger partial charge >= 0.3 is 216 Å². The van der Waals surface area contributed by atoms with E-state index in [4.69, 9.17) is 17.0 Å². The molecule has 3 aromatic rings. The third-order valence-corrected chi connectivity index (χ3v) is 12.0. The van der Waals surface area contributed by atoms with Crippen molar-refractivity contribution in [3.05, 3.63) is 88.5 Å². The molecule has 171 valence electrons. The molecule has 0 spiro atoms. The van der Waals surface area contributed by atoms with Gasteiger partial charge in [-0.25, -0.2) is 0 Å². The van der Waals surface area contributed by atoms with Gasteiger partial charge in [0.05, 0.1) is 0 Å². The molecule has 0 N–H and O–H groups in total. The van der Waals surface area contributed by atoms with Crippen LogP contribution in [0.5, 0.6) is 0 Å². The zero-order valence-electron chi connectivity index (χ0n) is 20.4. The molecule has 33 heavy (non-hydrogen) atoms. The van der Waals surface area contributed by atoms with Gasteiger partial charge in [-0.3, -0.25) is 0 Å². The van der Waals surface area contributed by atoms with E-state index in [1.165, 1.54) is 50.1 Å². The van der Waals surface area contributed by atoms with E-state index in [1.807, 2.05) is 0 Å². The SMILES string of the molecule is CC(C)C1=Cc2c(ccc(-c3ccccc3)c2-c2cc(C(C)C)cc(C(C)C)c2)[CH]1[Zr]([Cl])[Cl]. The third-order valence-electron chi connectivity index (χ3n) is 6.80. The van der Waals surface area contributed by atoms with Gasteiger partial charge in [0.25, 0.3) is 0 Å². The van der Waals surface area contributed by atoms with Crippen molar-refractivity contribution in [2.24, 2.45) is 5.92 Å². The van der Waals surface area contributed by atoms with Crippen LogP contribution in [0.15, 0.2) is 66.2 Å². The summed E-state index contributed by atoms with van der Waals surface area (Å²) in [6.07, 6.45) is 2.41. The molecule has 0 bridgehead atoms. The molecule has 0 saturated heterocycles. The monoisotopic (exact) mass is 553 g/mol. The molecule has 1 atom stereocenters. The van der Waals surface area contributed by atoms with E-state index in [-0.39, 0.29) is 3.63 Å². The fourth-order valence-electron chi connectivity index (χ4n) is 4.87. The Morgan fingerprint density at radius 1 is 0.697 bits per heavy atom. The first kappa shape index (κ1) is 25.0. The molecule has 0 fully saturated rings. The summed E-state index contributed by atoms with van der Waals surface area (Å²) in [7, 11) is 13.5. The maximum absolute atomic E-state index is 6.76. The van der Waals surface area contributed by atoms with Crippen molar-refractivity contribution in [2.45, 2.75) is 57.0 Å². The van der Waals surface area contributed by atoms with Crippen LogP contribution in [0.2, 0.25) is 0 Å². The molecular formula is C30H33Cl2Zr. The van der Waals surface area contributed by atoms with Crippen molar-refractivity contribution in [1.82, 2.24) is 0 Å². The van der Waals surface area contributed by atoms with Gasteiger partial charge in [-0.05, 0) is 0 Å². The predicted molar refractivity (Wildman–Crippen MR) is 143 cm³/mol. The Morgan fingerprint density at radius 3 is 1.82 bits per heavy atom. The number of benzene rings is 3. The van der Waals surface area contributed by atoms with Crippen molar-refractivity contribution < 1.29 is 19.4 Å². The first-order valence-electron chi connectivity index (χ1n) is 12.0. The molecule has 0 aromatic heterocycles. The molecule has 4 rings (SSSR count). The van der Waals surface area contributed by atoms with Crippen LogP contribution in [0, 0.1) is 5.92 Å². The Kier molecular flexibility index (Phi) is 7.74. The first-order valence-corrected chi connectivity index (χ1v) is 19.7. The van der Waals surface area contributed by atoms with E-state index in [0.29, 0.717) is 17.8 Å². The van der Waals surface area contributed by atoms with Gasteiger partial charge in [-0.1, -0.05) is 0 Å². The van der Waals surface area contributed by atoms with Crippen molar-refractivity contribution >= 4 is 23.1 Å². The summed E-state index contributed by atoms with van der Waals surface area (Å²) in [5.74, 6) is 1.37. The Labute approximate surface area is 214 Å². The van der Waals surface area contributed by atoms with Crippen LogP contribution in [-0.2, 0) is 19.4 Å². The molecule has 0 amide bonds. The summed E-state index contributed by atoms with van der Waals surface area (Å²) < 4.78 is 0.229. The second-order valence-corrected chi connectivity index (χ2v) is 18.9. The molecule has 1 aliphatic rings. The van der Waals surface area contributed by atoms with E-state index in [0.717, 1.165) is 0 Å². The quantitative estimate of drug-likeness (QED) is 0.284. The standard InChI is InChI=1S/C30H33.2ClH.Zr/c1-19(2)24-15-25(20(3)4)17-27(16-24)30-28(22-10-8-7-9-11-22)13-12-23-14-26(21(5)6)18-29(23)30;;;/h7-21H,1-6H3;2*1H;/q;;;+2/p-2. The van der Waals surface area contributed by atoms with Gasteiger partial charge in [-0.2, -0.15) is 0 Å². The van der Waals surface area contributed by atoms with Crippen LogP contribution in [0.4, 0.5) is 0 Å². The average molecular weight is 556 g/mol. The zero-order valence-corrected chi connectivity index (χ0v) is 24.4. The molecule has 1 aliphatic carbocycles. The molecule has 0 radical (unpaired) electrons. The van der Waals surface area contributed by atoms with Crippen molar-refractivity contribution in [1.29, 1.82) is 0 Å². The minimum atomic E-state index is -2.57. The van der Waals surface area contributed by atoms with Crippen LogP contribution < -0.4 is 0 Å². The molecule has 0 heterocycles. The van der Waals surface area contributed by atoms with Gasteiger partial charge in [0.2, 0.25) is 0 Å². The molecular weight excluding hydrogens is 522 g/mol. The van der Waals surface area contributed by atoms with Gasteiger partial charge in [0, 0.05) is 0 Å². The van der Waals surface area contributed by atoms with Crippen LogP contribution >= 0.6 is 17.0 Å². The van der Waals surface area contributed by atoms with E-state index in [9.17, 15) is 0 Å². The Bertz CT molecular complexity index is 1150. The minimum absolute atomic E-state index is 0.229. The summed E-state index contributed by atoms with van der Waals surface area (Å²) in [6.45, 7) is 13.6. The van der Waals surface area contributed by atoms with Crippen LogP contribution in [0.25, 0.3) is 28.3 Å². The van der Waals surface area contributed by atoms with Crippen molar-refractivity contribution in [3.63, 3.8) is 0 Å². The molecule has 0 nitrogen and oxygen atoms in total. The number of allylic oxidation sites excluding steroid dienone is 1. The normalized spacial score (nSPS) is 15.4. The van der Waals surface area contributed by atoms with Crippen molar-refractivity contribution in [3.8, 4) is 22.3 Å². The molecule has 3 aromatic carbocycles. The Morgan fingerprint density at radius 2 is 1.30 bits per heavy atom. The second kappa shape index (κ2) is 10.2. The van der Waals surface area contributed by atoms with Crippen molar-refractivity contribution in [2.75, 3.05) is 0 Å². The van der Waals surface area contributed by atoms with Crippen LogP contribution in [-0.4, -0.2) is 0 Å². The fourth-order valence-corrected chi connectivity index (χ4v) is 10.6. The number of halogens is 2. The van der Waals surface area contributed by atoms with Gasteiger partial charge in [0.1, 0.15) is 0 Å². The third kappa shape index (κ3) is 4.98. The summed E-state index contributed by atoms with van der Waals surface area (Å²) in [6, 6.07) is 22.5. The number of hydrogen-bond acceptors (Lipinski definition) is 0. The topological polar surface area (TPSA) is 0 Å². The number of hydrogen-bond donors (Lipinski definition) is 0. The van der Waals surface area contributed by atoms with E-state index < -0.39 is 19.4 Å². The summed E-state index contributed by atoms with van der Waals surface area (Å²) >= 11 is -2.57. The fraction of sp³-hybridized carbons (Fsp3) is 0.333. The summed E-state index contributed by atoms with van der Waals surface area (Å²) in [5.41, 5.74) is 12.0. The molecule has 0 saturated carbocycles. The van der Waals surface area contributed by atoms with Gasteiger partial charge in [0.15, 0.2) is 0 Å².